The average Bonchev–Trinajstić information content (AvgIpc) is 3.52. The average molecular weight is 428 g/mol. The monoisotopic (exact) mass is 427 g/mol. The molecule has 1 heterocycles. The van der Waals surface area contributed by atoms with Crippen molar-refractivity contribution in [2.24, 2.45) is 5.92 Å². The summed E-state index contributed by atoms with van der Waals surface area (Å²) >= 11 is 5.96. The van der Waals surface area contributed by atoms with Crippen molar-refractivity contribution in [3.63, 3.8) is 0 Å². The van der Waals surface area contributed by atoms with Crippen molar-refractivity contribution in [2.75, 3.05) is 24.3 Å². The highest BCUT2D eigenvalue weighted by molar-refractivity contribution is 6.30. The van der Waals surface area contributed by atoms with Crippen LogP contribution in [0.2, 0.25) is 5.02 Å². The Morgan fingerprint density at radius 2 is 1.77 bits per heavy atom. The van der Waals surface area contributed by atoms with Gasteiger partial charge in [-0.2, -0.15) is 4.98 Å². The van der Waals surface area contributed by atoms with Crippen molar-refractivity contribution >= 4 is 29.3 Å². The normalized spacial score (nSPS) is 25.5. The first-order chi connectivity index (χ1) is 14.4. The Balaban J connectivity index is 1.24. The first kappa shape index (κ1) is 20.9. The minimum absolute atomic E-state index is 0.104. The molecule has 4 rings (SSSR count). The van der Waals surface area contributed by atoms with Crippen LogP contribution < -0.4 is 15.5 Å². The molecule has 2 aliphatic carbocycles. The van der Waals surface area contributed by atoms with Gasteiger partial charge in [-0.3, -0.25) is 4.79 Å². The molecule has 0 radical (unpaired) electrons. The zero-order valence-electron chi connectivity index (χ0n) is 17.9. The van der Waals surface area contributed by atoms with Gasteiger partial charge in [0.25, 0.3) is 0 Å². The van der Waals surface area contributed by atoms with Crippen molar-refractivity contribution in [2.45, 2.75) is 57.0 Å². The molecule has 6 nitrogen and oxygen atoms in total. The number of benzene rings is 1. The highest BCUT2D eigenvalue weighted by Crippen LogP contribution is 2.47. The van der Waals surface area contributed by atoms with E-state index in [2.05, 4.69) is 20.6 Å². The second-order valence-corrected chi connectivity index (χ2v) is 9.23. The topological polar surface area (TPSA) is 70.1 Å². The summed E-state index contributed by atoms with van der Waals surface area (Å²) in [7, 11) is 3.98. The molecule has 1 aromatic heterocycles. The van der Waals surface area contributed by atoms with Crippen LogP contribution in [0.1, 0.15) is 49.1 Å². The Morgan fingerprint density at radius 3 is 2.43 bits per heavy atom. The van der Waals surface area contributed by atoms with Gasteiger partial charge in [-0.1, -0.05) is 23.7 Å². The SMILES string of the molecule is Cc1cnc(NC2CCC(NC(=O)[C@@H]3C[C@@H]3c3ccc(Cl)cc3)CC2)nc1N(C)C. The molecule has 0 unspecified atom stereocenters. The molecule has 2 fully saturated rings. The van der Waals surface area contributed by atoms with E-state index < -0.39 is 0 Å². The minimum Gasteiger partial charge on any atom is -0.362 e. The summed E-state index contributed by atoms with van der Waals surface area (Å²) in [5, 5.41) is 7.49. The molecule has 1 aromatic carbocycles. The third kappa shape index (κ3) is 4.86. The number of aryl methyl sites for hydroxylation is 1. The smallest absolute Gasteiger partial charge is 0.224 e. The van der Waals surface area contributed by atoms with Gasteiger partial charge in [-0.05, 0) is 62.6 Å². The van der Waals surface area contributed by atoms with E-state index in [0.717, 1.165) is 48.5 Å². The molecule has 2 N–H and O–H groups in total. The second-order valence-electron chi connectivity index (χ2n) is 8.80. The third-order valence-corrected chi connectivity index (χ3v) is 6.45. The van der Waals surface area contributed by atoms with Crippen LogP contribution in [0.15, 0.2) is 30.5 Å². The fraction of sp³-hybridized carbons (Fsp3) is 0.522. The molecular weight excluding hydrogens is 398 g/mol. The van der Waals surface area contributed by atoms with Gasteiger partial charge in [0.2, 0.25) is 11.9 Å². The van der Waals surface area contributed by atoms with E-state index in [9.17, 15) is 4.79 Å². The van der Waals surface area contributed by atoms with Crippen molar-refractivity contribution in [1.82, 2.24) is 15.3 Å². The maximum atomic E-state index is 12.7. The number of nitrogens with one attached hydrogen (secondary N) is 2. The Bertz CT molecular complexity index is 893. The van der Waals surface area contributed by atoms with Crippen molar-refractivity contribution in [3.8, 4) is 0 Å². The highest BCUT2D eigenvalue weighted by atomic mass is 35.5. The number of hydrogen-bond acceptors (Lipinski definition) is 5. The number of amides is 1. The maximum absolute atomic E-state index is 12.7. The van der Waals surface area contributed by atoms with Gasteiger partial charge in [-0.25, -0.2) is 4.98 Å². The molecule has 1 amide bonds. The molecule has 7 heteroatoms. The van der Waals surface area contributed by atoms with E-state index >= 15 is 0 Å². The first-order valence-electron chi connectivity index (χ1n) is 10.7. The van der Waals surface area contributed by atoms with Gasteiger partial charge < -0.3 is 15.5 Å². The van der Waals surface area contributed by atoms with Gasteiger partial charge in [0.15, 0.2) is 0 Å². The van der Waals surface area contributed by atoms with Gasteiger partial charge in [0.1, 0.15) is 5.82 Å². The lowest BCUT2D eigenvalue weighted by Crippen LogP contribution is -2.41. The largest absolute Gasteiger partial charge is 0.362 e. The van der Waals surface area contributed by atoms with Gasteiger partial charge in [-0.15, -0.1) is 0 Å². The molecule has 2 aromatic rings. The van der Waals surface area contributed by atoms with Crippen molar-refractivity contribution in [3.05, 3.63) is 46.6 Å². The number of aromatic nitrogens is 2. The minimum atomic E-state index is 0.104. The number of carbonyl (C=O) groups is 1. The summed E-state index contributed by atoms with van der Waals surface area (Å²) in [5.74, 6) is 2.26. The molecular formula is C23H30ClN5O. The number of hydrogen-bond donors (Lipinski definition) is 2. The lowest BCUT2D eigenvalue weighted by Gasteiger charge is -2.30. The fourth-order valence-electron chi connectivity index (χ4n) is 4.39. The summed E-state index contributed by atoms with van der Waals surface area (Å²) in [6.45, 7) is 2.02. The van der Waals surface area contributed by atoms with Crippen LogP contribution in [0.3, 0.4) is 0 Å². The Kier molecular flexibility index (Phi) is 6.14. The zero-order valence-corrected chi connectivity index (χ0v) is 18.6. The van der Waals surface area contributed by atoms with Gasteiger partial charge >= 0.3 is 0 Å². The Labute approximate surface area is 183 Å². The number of rotatable bonds is 6. The van der Waals surface area contributed by atoms with Gasteiger partial charge in [0, 0.05) is 48.9 Å². The summed E-state index contributed by atoms with van der Waals surface area (Å²) in [6.07, 6.45) is 6.77. The summed E-state index contributed by atoms with van der Waals surface area (Å²) in [5.41, 5.74) is 2.27. The number of anilines is 2. The van der Waals surface area contributed by atoms with Crippen LogP contribution in [-0.4, -0.2) is 42.1 Å². The van der Waals surface area contributed by atoms with E-state index in [4.69, 9.17) is 11.6 Å². The highest BCUT2D eigenvalue weighted by Gasteiger charge is 2.44. The predicted octanol–water partition coefficient (Wildman–Crippen LogP) is 4.15. The van der Waals surface area contributed by atoms with Crippen LogP contribution in [0.5, 0.6) is 0 Å². The predicted molar refractivity (Wildman–Crippen MR) is 121 cm³/mol. The van der Waals surface area contributed by atoms with Crippen molar-refractivity contribution < 1.29 is 4.79 Å². The van der Waals surface area contributed by atoms with Crippen molar-refractivity contribution in [1.29, 1.82) is 0 Å². The fourth-order valence-corrected chi connectivity index (χ4v) is 4.52. The van der Waals surface area contributed by atoms with Gasteiger partial charge in [0.05, 0.1) is 0 Å². The number of carbonyl (C=O) groups excluding carboxylic acids is 1. The maximum Gasteiger partial charge on any atom is 0.224 e. The van der Waals surface area contributed by atoms with Crippen LogP contribution in [0.4, 0.5) is 11.8 Å². The Hall–Kier alpha value is -2.34. The molecule has 0 aliphatic heterocycles. The van der Waals surface area contributed by atoms with E-state index in [1.165, 1.54) is 5.56 Å². The summed E-state index contributed by atoms with van der Waals surface area (Å²) < 4.78 is 0. The molecule has 0 spiro atoms. The Morgan fingerprint density at radius 1 is 1.10 bits per heavy atom. The lowest BCUT2D eigenvalue weighted by molar-refractivity contribution is -0.123. The molecule has 0 saturated heterocycles. The van der Waals surface area contributed by atoms with Crippen LogP contribution in [0, 0.1) is 12.8 Å². The van der Waals surface area contributed by atoms with Crippen LogP contribution in [0.25, 0.3) is 0 Å². The second kappa shape index (κ2) is 8.80. The van der Waals surface area contributed by atoms with E-state index in [0.29, 0.717) is 17.9 Å². The molecule has 2 atom stereocenters. The van der Waals surface area contributed by atoms with E-state index in [1.807, 2.05) is 56.4 Å². The first-order valence-corrected chi connectivity index (χ1v) is 11.1. The zero-order chi connectivity index (χ0) is 21.3. The molecule has 0 bridgehead atoms. The standard InChI is InChI=1S/C23H30ClN5O/c1-14-13-25-23(28-21(14)29(2)3)27-18-10-8-17(9-11-18)26-22(30)20-12-19(20)15-4-6-16(24)7-5-15/h4-7,13,17-20H,8-12H2,1-3H3,(H,26,30)(H,25,27,28)/t17?,18?,19-,20-/m1/s1. The third-order valence-electron chi connectivity index (χ3n) is 6.20. The van der Waals surface area contributed by atoms with Crippen LogP contribution in [-0.2, 0) is 4.79 Å². The van der Waals surface area contributed by atoms with E-state index in [1.54, 1.807) is 0 Å². The lowest BCUT2D eigenvalue weighted by atomic mass is 9.91. The molecule has 2 saturated carbocycles. The number of halogens is 1. The molecule has 30 heavy (non-hydrogen) atoms. The summed E-state index contributed by atoms with van der Waals surface area (Å²) in [6, 6.07) is 8.48. The van der Waals surface area contributed by atoms with Crippen LogP contribution >= 0.6 is 11.6 Å². The molecule has 160 valence electrons. The molecule has 2 aliphatic rings. The van der Waals surface area contributed by atoms with E-state index in [-0.39, 0.29) is 17.9 Å². The quantitative estimate of drug-likeness (QED) is 0.724. The number of nitrogens with zero attached hydrogens (tertiary/aromatic N) is 3. The summed E-state index contributed by atoms with van der Waals surface area (Å²) in [4.78, 5) is 23.7.